The van der Waals surface area contributed by atoms with Gasteiger partial charge in [-0.05, 0) is 45.2 Å². The van der Waals surface area contributed by atoms with Gasteiger partial charge in [-0.3, -0.25) is 14.6 Å². The molecule has 32 heavy (non-hydrogen) atoms. The highest BCUT2D eigenvalue weighted by Gasteiger charge is 2.35. The van der Waals surface area contributed by atoms with Crippen molar-refractivity contribution in [1.29, 1.82) is 0 Å². The first-order chi connectivity index (χ1) is 15.5. The number of morpholine rings is 1. The summed E-state index contributed by atoms with van der Waals surface area (Å²) in [6.07, 6.45) is 5.22. The van der Waals surface area contributed by atoms with Gasteiger partial charge >= 0.3 is 0 Å². The van der Waals surface area contributed by atoms with E-state index < -0.39 is 0 Å². The maximum atomic E-state index is 13.1. The standard InChI is InChI=1S/C25H39N5O2/c1-18-5-4-6-22-16-28(11-12-30(18)22)25(31)17-27-10-9-23-21(15-27)7-8-24(26-23)29-13-19(2)32-20(3)14-29/h7-8,18-20,22H,4-6,9-17H2,1-3H3. The third kappa shape index (κ3) is 4.66. The molecule has 0 aromatic carbocycles. The summed E-state index contributed by atoms with van der Waals surface area (Å²) in [5, 5.41) is 0. The number of carbonyl (C=O) groups excluding carboxylic acids is 1. The van der Waals surface area contributed by atoms with Crippen molar-refractivity contribution < 1.29 is 9.53 Å². The van der Waals surface area contributed by atoms with Gasteiger partial charge in [-0.2, -0.15) is 0 Å². The summed E-state index contributed by atoms with van der Waals surface area (Å²) >= 11 is 0. The lowest BCUT2D eigenvalue weighted by Gasteiger charge is -2.47. The Balaban J connectivity index is 1.17. The van der Waals surface area contributed by atoms with Gasteiger partial charge in [-0.25, -0.2) is 4.98 Å². The zero-order chi connectivity index (χ0) is 22.2. The van der Waals surface area contributed by atoms with Crippen LogP contribution in [0.1, 0.15) is 51.3 Å². The maximum absolute atomic E-state index is 13.1. The van der Waals surface area contributed by atoms with Crippen LogP contribution in [-0.4, -0.2) is 95.7 Å². The fourth-order valence-electron chi connectivity index (χ4n) is 6.18. The predicted octanol–water partition coefficient (Wildman–Crippen LogP) is 2.14. The molecule has 0 saturated carbocycles. The number of carbonyl (C=O) groups is 1. The first kappa shape index (κ1) is 22.1. The van der Waals surface area contributed by atoms with E-state index in [1.165, 1.54) is 30.5 Å². The number of ether oxygens (including phenoxy) is 1. The second kappa shape index (κ2) is 9.27. The van der Waals surface area contributed by atoms with Gasteiger partial charge in [-0.15, -0.1) is 0 Å². The van der Waals surface area contributed by atoms with Crippen LogP contribution in [0.4, 0.5) is 5.82 Å². The lowest BCUT2D eigenvalue weighted by molar-refractivity contribution is -0.137. The van der Waals surface area contributed by atoms with Crippen LogP contribution in [0.2, 0.25) is 0 Å². The van der Waals surface area contributed by atoms with Crippen molar-refractivity contribution in [3.05, 3.63) is 23.4 Å². The Morgan fingerprint density at radius 3 is 2.69 bits per heavy atom. The number of piperidine rings is 1. The van der Waals surface area contributed by atoms with Crippen LogP contribution < -0.4 is 4.90 Å². The molecule has 4 aliphatic heterocycles. The molecule has 5 heterocycles. The number of rotatable bonds is 3. The van der Waals surface area contributed by atoms with Crippen LogP contribution in [0.5, 0.6) is 0 Å². The first-order valence-corrected chi connectivity index (χ1v) is 12.6. The van der Waals surface area contributed by atoms with Crippen molar-refractivity contribution in [2.45, 2.75) is 77.3 Å². The lowest BCUT2D eigenvalue weighted by atomic mass is 9.94. The summed E-state index contributed by atoms with van der Waals surface area (Å²) < 4.78 is 5.87. The molecule has 0 radical (unpaired) electrons. The summed E-state index contributed by atoms with van der Waals surface area (Å²) in [5.41, 5.74) is 2.47. The molecule has 1 amide bonds. The molecule has 1 aromatic heterocycles. The van der Waals surface area contributed by atoms with E-state index in [0.29, 0.717) is 24.5 Å². The highest BCUT2D eigenvalue weighted by Crippen LogP contribution is 2.27. The maximum Gasteiger partial charge on any atom is 0.236 e. The van der Waals surface area contributed by atoms with Crippen LogP contribution in [0.25, 0.3) is 0 Å². The number of aromatic nitrogens is 1. The molecule has 3 saturated heterocycles. The molecule has 0 N–H and O–H groups in total. The number of hydrogen-bond acceptors (Lipinski definition) is 6. The van der Waals surface area contributed by atoms with E-state index in [2.05, 4.69) is 52.5 Å². The fourth-order valence-corrected chi connectivity index (χ4v) is 6.18. The van der Waals surface area contributed by atoms with E-state index in [4.69, 9.17) is 9.72 Å². The molecule has 3 fully saturated rings. The van der Waals surface area contributed by atoms with Gasteiger partial charge in [0.1, 0.15) is 5.82 Å². The molecule has 7 heteroatoms. The van der Waals surface area contributed by atoms with E-state index in [0.717, 1.165) is 58.1 Å². The van der Waals surface area contributed by atoms with E-state index in [-0.39, 0.29) is 12.2 Å². The first-order valence-electron chi connectivity index (χ1n) is 12.6. The quantitative estimate of drug-likeness (QED) is 0.716. The zero-order valence-corrected chi connectivity index (χ0v) is 20.0. The van der Waals surface area contributed by atoms with Crippen molar-refractivity contribution in [2.75, 3.05) is 50.7 Å². The number of anilines is 1. The van der Waals surface area contributed by atoms with Crippen molar-refractivity contribution in [2.24, 2.45) is 0 Å². The number of pyridine rings is 1. The van der Waals surface area contributed by atoms with Gasteiger partial charge in [0.2, 0.25) is 5.91 Å². The second-order valence-electron chi connectivity index (χ2n) is 10.4. The van der Waals surface area contributed by atoms with Crippen LogP contribution in [-0.2, 0) is 22.5 Å². The molecule has 176 valence electrons. The highest BCUT2D eigenvalue weighted by molar-refractivity contribution is 5.78. The highest BCUT2D eigenvalue weighted by atomic mass is 16.5. The molecule has 4 aliphatic rings. The molecule has 0 spiro atoms. The van der Waals surface area contributed by atoms with E-state index in [9.17, 15) is 4.79 Å². The number of fused-ring (bicyclic) bond motifs is 2. The summed E-state index contributed by atoms with van der Waals surface area (Å²) in [6.45, 7) is 13.5. The smallest absolute Gasteiger partial charge is 0.236 e. The average molecular weight is 442 g/mol. The van der Waals surface area contributed by atoms with Gasteiger partial charge < -0.3 is 14.5 Å². The molecule has 4 unspecified atom stereocenters. The van der Waals surface area contributed by atoms with Gasteiger partial charge in [0, 0.05) is 70.0 Å². The van der Waals surface area contributed by atoms with Crippen LogP contribution in [0.15, 0.2) is 12.1 Å². The Morgan fingerprint density at radius 1 is 1.06 bits per heavy atom. The van der Waals surface area contributed by atoms with Gasteiger partial charge in [0.25, 0.3) is 0 Å². The lowest BCUT2D eigenvalue weighted by Crippen LogP contribution is -2.59. The molecule has 4 atom stereocenters. The van der Waals surface area contributed by atoms with Crippen LogP contribution in [0, 0.1) is 0 Å². The molecule has 0 aliphatic carbocycles. The second-order valence-corrected chi connectivity index (χ2v) is 10.4. The Bertz CT molecular complexity index is 823. The van der Waals surface area contributed by atoms with Crippen molar-refractivity contribution >= 4 is 11.7 Å². The third-order valence-corrected chi connectivity index (χ3v) is 7.82. The van der Waals surface area contributed by atoms with Gasteiger partial charge in [0.05, 0.1) is 18.8 Å². The number of amides is 1. The monoisotopic (exact) mass is 441 g/mol. The number of nitrogens with zero attached hydrogens (tertiary/aromatic N) is 5. The molecule has 5 rings (SSSR count). The van der Waals surface area contributed by atoms with E-state index >= 15 is 0 Å². The van der Waals surface area contributed by atoms with Gasteiger partial charge in [0.15, 0.2) is 0 Å². The van der Waals surface area contributed by atoms with Gasteiger partial charge in [-0.1, -0.05) is 12.5 Å². The van der Waals surface area contributed by atoms with E-state index in [1.54, 1.807) is 0 Å². The van der Waals surface area contributed by atoms with Crippen molar-refractivity contribution in [3.8, 4) is 0 Å². The molecule has 1 aromatic rings. The third-order valence-electron chi connectivity index (χ3n) is 7.82. The normalized spacial score (nSPS) is 31.8. The SMILES string of the molecule is CC1CN(c2ccc3c(n2)CCN(CC(=O)N2CCN4C(C)CCCC4C2)C3)CC(C)O1. The largest absolute Gasteiger partial charge is 0.372 e. The Kier molecular flexibility index (Phi) is 6.41. The number of piperazine rings is 1. The van der Waals surface area contributed by atoms with Crippen LogP contribution >= 0.6 is 0 Å². The Hall–Kier alpha value is -1.70. The Labute approximate surface area is 192 Å². The molecule has 0 bridgehead atoms. The summed E-state index contributed by atoms with van der Waals surface area (Å²) in [7, 11) is 0. The minimum atomic E-state index is 0.233. The molecular formula is C25H39N5O2. The predicted molar refractivity (Wildman–Crippen MR) is 126 cm³/mol. The summed E-state index contributed by atoms with van der Waals surface area (Å²) in [4.78, 5) is 27.5. The fraction of sp³-hybridized carbons (Fsp3) is 0.760. The number of hydrogen-bond donors (Lipinski definition) is 0. The van der Waals surface area contributed by atoms with Crippen LogP contribution in [0.3, 0.4) is 0 Å². The summed E-state index contributed by atoms with van der Waals surface area (Å²) in [6, 6.07) is 5.61. The van der Waals surface area contributed by atoms with E-state index in [1.807, 2.05) is 0 Å². The molecule has 7 nitrogen and oxygen atoms in total. The minimum Gasteiger partial charge on any atom is -0.372 e. The Morgan fingerprint density at radius 2 is 1.88 bits per heavy atom. The van der Waals surface area contributed by atoms with Crippen molar-refractivity contribution in [1.82, 2.24) is 19.7 Å². The minimum absolute atomic E-state index is 0.233. The zero-order valence-electron chi connectivity index (χ0n) is 20.0. The summed E-state index contributed by atoms with van der Waals surface area (Å²) in [5.74, 6) is 1.36. The molecular weight excluding hydrogens is 402 g/mol. The van der Waals surface area contributed by atoms with Crippen molar-refractivity contribution in [3.63, 3.8) is 0 Å². The average Bonchev–Trinajstić information content (AvgIpc) is 2.78. The topological polar surface area (TPSA) is 52.2 Å².